The van der Waals surface area contributed by atoms with Crippen molar-refractivity contribution >= 4 is 23.4 Å². The second-order valence-electron chi connectivity index (χ2n) is 8.81. The summed E-state index contributed by atoms with van der Waals surface area (Å²) in [5.74, 6) is -1.44. The molecule has 0 bridgehead atoms. The molecule has 3 aliphatic heterocycles. The van der Waals surface area contributed by atoms with Crippen molar-refractivity contribution in [2.75, 3.05) is 26.1 Å². The second-order valence-corrected chi connectivity index (χ2v) is 8.81. The number of piperidine rings is 2. The van der Waals surface area contributed by atoms with Gasteiger partial charge in [-0.15, -0.1) is 0 Å². The molecule has 0 spiro atoms. The molecule has 3 fully saturated rings. The van der Waals surface area contributed by atoms with Crippen molar-refractivity contribution in [3.63, 3.8) is 0 Å². The monoisotopic (exact) mass is 459 g/mol. The van der Waals surface area contributed by atoms with Crippen molar-refractivity contribution in [1.82, 2.24) is 20.9 Å². The van der Waals surface area contributed by atoms with Gasteiger partial charge in [0, 0.05) is 25.1 Å². The van der Waals surface area contributed by atoms with E-state index >= 15 is 0 Å². The normalized spacial score (nSPS) is 30.0. The predicted molar refractivity (Wildman–Crippen MR) is 121 cm³/mol. The first kappa shape index (κ1) is 23.3. The van der Waals surface area contributed by atoms with Gasteiger partial charge in [0.15, 0.2) is 0 Å². The van der Waals surface area contributed by atoms with Crippen molar-refractivity contribution in [2.45, 2.75) is 57.5 Å². The lowest BCUT2D eigenvalue weighted by atomic mass is 9.81. The van der Waals surface area contributed by atoms with Crippen LogP contribution >= 0.6 is 0 Å². The maximum absolute atomic E-state index is 13.3. The Labute approximate surface area is 193 Å². The average Bonchev–Trinajstić information content (AvgIpc) is 2.82. The first-order valence-corrected chi connectivity index (χ1v) is 11.6. The molecule has 10 nitrogen and oxygen atoms in total. The summed E-state index contributed by atoms with van der Waals surface area (Å²) in [6, 6.07) is 5.43. The molecule has 5 atom stereocenters. The number of ether oxygens (including phenoxy) is 2. The summed E-state index contributed by atoms with van der Waals surface area (Å²) >= 11 is 0. The van der Waals surface area contributed by atoms with Gasteiger partial charge in [-0.2, -0.15) is 0 Å². The summed E-state index contributed by atoms with van der Waals surface area (Å²) in [7, 11) is 3.04. The van der Waals surface area contributed by atoms with Crippen LogP contribution < -0.4 is 30.7 Å². The van der Waals surface area contributed by atoms with Crippen molar-refractivity contribution < 1.29 is 23.9 Å². The Kier molecular flexibility index (Phi) is 7.04. The zero-order chi connectivity index (χ0) is 23.5. The number of likely N-dealkylation sites (tertiary alicyclic amines) is 1. The number of anilines is 1. The molecule has 4 rings (SSSR count). The highest BCUT2D eigenvalue weighted by Gasteiger charge is 2.49. The number of nitrogens with one attached hydrogen (secondary N) is 4. The molecule has 0 aromatic heterocycles. The van der Waals surface area contributed by atoms with E-state index in [1.54, 1.807) is 18.2 Å². The minimum Gasteiger partial charge on any atom is -0.497 e. The van der Waals surface area contributed by atoms with Gasteiger partial charge in [-0.3, -0.25) is 24.6 Å². The van der Waals surface area contributed by atoms with E-state index in [1.165, 1.54) is 20.6 Å². The van der Waals surface area contributed by atoms with Crippen molar-refractivity contribution in [3.05, 3.63) is 18.2 Å². The molecule has 3 aliphatic rings. The van der Waals surface area contributed by atoms with Crippen LogP contribution in [0.1, 0.15) is 39.0 Å². The van der Waals surface area contributed by atoms with E-state index in [-0.39, 0.29) is 24.5 Å². The fourth-order valence-electron chi connectivity index (χ4n) is 5.18. The molecule has 1 aromatic carbocycles. The Morgan fingerprint density at radius 1 is 1.18 bits per heavy atom. The van der Waals surface area contributed by atoms with E-state index < -0.39 is 23.9 Å². The first-order valence-electron chi connectivity index (χ1n) is 11.6. The lowest BCUT2D eigenvalue weighted by Crippen LogP contribution is -2.75. The van der Waals surface area contributed by atoms with Gasteiger partial charge in [-0.1, -0.05) is 13.3 Å². The number of nitrogens with zero attached hydrogens (tertiary/aromatic N) is 1. The summed E-state index contributed by atoms with van der Waals surface area (Å²) in [6.45, 7) is 3.02. The molecule has 1 aromatic rings. The molecular weight excluding hydrogens is 426 g/mol. The molecular formula is C23H33N5O5. The molecule has 4 N–H and O–H groups in total. The average molecular weight is 460 g/mol. The minimum atomic E-state index is -0.823. The van der Waals surface area contributed by atoms with E-state index in [2.05, 4.69) is 33.1 Å². The van der Waals surface area contributed by atoms with Crippen LogP contribution in [0.15, 0.2) is 18.2 Å². The molecule has 3 heterocycles. The van der Waals surface area contributed by atoms with Gasteiger partial charge in [0.05, 0.1) is 37.9 Å². The zero-order valence-electron chi connectivity index (χ0n) is 19.3. The Morgan fingerprint density at radius 2 is 2.00 bits per heavy atom. The number of amides is 3. The fourth-order valence-corrected chi connectivity index (χ4v) is 5.18. The van der Waals surface area contributed by atoms with Crippen LogP contribution in [0.5, 0.6) is 11.5 Å². The van der Waals surface area contributed by atoms with E-state index in [4.69, 9.17) is 9.47 Å². The quantitative estimate of drug-likeness (QED) is 0.501. The summed E-state index contributed by atoms with van der Waals surface area (Å²) < 4.78 is 10.6. The van der Waals surface area contributed by atoms with E-state index in [9.17, 15) is 14.4 Å². The number of carbonyl (C=O) groups is 3. The molecule has 3 saturated heterocycles. The Morgan fingerprint density at radius 3 is 2.73 bits per heavy atom. The number of hydrogen-bond acceptors (Lipinski definition) is 7. The number of fused-ring (bicyclic) bond motifs is 1. The molecule has 33 heavy (non-hydrogen) atoms. The smallest absolute Gasteiger partial charge is 0.229 e. The van der Waals surface area contributed by atoms with Gasteiger partial charge in [0.1, 0.15) is 17.8 Å². The summed E-state index contributed by atoms with van der Waals surface area (Å²) in [6.07, 6.45) is 3.25. The molecule has 5 unspecified atom stereocenters. The van der Waals surface area contributed by atoms with Crippen LogP contribution in [0.4, 0.5) is 5.69 Å². The molecule has 3 amide bonds. The number of methoxy groups -OCH3 is 2. The number of carbonyl (C=O) groups excluding carboxylic acids is 3. The topological polar surface area (TPSA) is 121 Å². The maximum atomic E-state index is 13.3. The Hall–Kier alpha value is -2.85. The predicted octanol–water partition coefficient (Wildman–Crippen LogP) is 0.988. The molecule has 0 radical (unpaired) electrons. The van der Waals surface area contributed by atoms with Gasteiger partial charge >= 0.3 is 0 Å². The van der Waals surface area contributed by atoms with Gasteiger partial charge in [-0.25, -0.2) is 0 Å². The highest BCUT2D eigenvalue weighted by Crippen LogP contribution is 2.33. The lowest BCUT2D eigenvalue weighted by molar-refractivity contribution is -0.148. The second kappa shape index (κ2) is 9.96. The van der Waals surface area contributed by atoms with Crippen molar-refractivity contribution in [2.24, 2.45) is 11.8 Å². The SMILES string of the molecule is CCC1CCCCN1C1NC(=O)C2C(NC(=O)CC2C(=O)Nc2cc(OC)ccc2OC)N1. The van der Waals surface area contributed by atoms with Crippen LogP contribution in [0.2, 0.25) is 0 Å². The molecule has 0 saturated carbocycles. The third-order valence-corrected chi connectivity index (χ3v) is 6.91. The zero-order valence-corrected chi connectivity index (χ0v) is 19.3. The van der Waals surface area contributed by atoms with Crippen LogP contribution in [0.3, 0.4) is 0 Å². The van der Waals surface area contributed by atoms with Crippen molar-refractivity contribution in [3.8, 4) is 11.5 Å². The largest absolute Gasteiger partial charge is 0.497 e. The fraction of sp³-hybridized carbons (Fsp3) is 0.609. The van der Waals surface area contributed by atoms with E-state index in [0.29, 0.717) is 23.2 Å². The van der Waals surface area contributed by atoms with Gasteiger partial charge in [0.2, 0.25) is 17.7 Å². The van der Waals surface area contributed by atoms with Crippen LogP contribution in [0, 0.1) is 11.8 Å². The Balaban J connectivity index is 1.52. The minimum absolute atomic E-state index is 0.0691. The van der Waals surface area contributed by atoms with E-state index in [0.717, 1.165) is 25.8 Å². The summed E-state index contributed by atoms with van der Waals surface area (Å²) in [5.41, 5.74) is 0.422. The summed E-state index contributed by atoms with van der Waals surface area (Å²) in [5, 5.41) is 12.1. The highest BCUT2D eigenvalue weighted by molar-refractivity contribution is 6.01. The third-order valence-electron chi connectivity index (χ3n) is 6.91. The lowest BCUT2D eigenvalue weighted by Gasteiger charge is -2.49. The number of benzene rings is 1. The number of rotatable bonds is 6. The standard InChI is InChI=1S/C23H33N5O5/c1-4-13-7-5-6-10-28(13)23-26-20-19(22(31)27-23)15(12-18(29)25-20)21(30)24-16-11-14(32-2)8-9-17(16)33-3/h8-9,11,13,15,19-20,23,26H,4-7,10,12H2,1-3H3,(H,24,30)(H,25,29)(H,27,31). The van der Waals surface area contributed by atoms with Crippen molar-refractivity contribution in [1.29, 1.82) is 0 Å². The molecule has 180 valence electrons. The third kappa shape index (κ3) is 4.77. The van der Waals surface area contributed by atoms with Crippen LogP contribution in [-0.2, 0) is 14.4 Å². The number of hydrogen-bond donors (Lipinski definition) is 4. The van der Waals surface area contributed by atoms with Gasteiger partial charge < -0.3 is 25.4 Å². The molecule has 10 heteroatoms. The van der Waals surface area contributed by atoms with E-state index in [1.807, 2.05) is 0 Å². The van der Waals surface area contributed by atoms with Gasteiger partial charge in [-0.05, 0) is 31.4 Å². The summed E-state index contributed by atoms with van der Waals surface area (Å²) in [4.78, 5) is 41.2. The van der Waals surface area contributed by atoms with Crippen LogP contribution in [0.25, 0.3) is 0 Å². The van der Waals surface area contributed by atoms with Gasteiger partial charge in [0.25, 0.3) is 0 Å². The highest BCUT2D eigenvalue weighted by atomic mass is 16.5. The first-order chi connectivity index (χ1) is 15.9. The Bertz CT molecular complexity index is 909. The van der Waals surface area contributed by atoms with Crippen LogP contribution in [-0.4, -0.2) is 61.9 Å². The molecule has 0 aliphatic carbocycles. The maximum Gasteiger partial charge on any atom is 0.229 e.